The number of likely N-dealkylation sites (tertiary alicyclic amines) is 1. The summed E-state index contributed by atoms with van der Waals surface area (Å²) in [6.45, 7) is 0.737. The molecule has 3 aromatic heterocycles. The molecule has 0 aromatic carbocycles. The molecular formula is C20H18F5N5O. The quantitative estimate of drug-likeness (QED) is 0.618. The van der Waals surface area contributed by atoms with Crippen molar-refractivity contribution in [2.45, 2.75) is 31.5 Å². The van der Waals surface area contributed by atoms with Crippen molar-refractivity contribution in [3.05, 3.63) is 59.8 Å². The summed E-state index contributed by atoms with van der Waals surface area (Å²) in [6, 6.07) is 7.11. The number of aromatic nitrogens is 3. The number of amides is 1. The van der Waals surface area contributed by atoms with E-state index in [-0.39, 0.29) is 37.6 Å². The third kappa shape index (κ3) is 4.66. The van der Waals surface area contributed by atoms with Gasteiger partial charge in [0.2, 0.25) is 5.82 Å². The van der Waals surface area contributed by atoms with Gasteiger partial charge in [0.15, 0.2) is 0 Å². The fourth-order valence-electron chi connectivity index (χ4n) is 3.44. The smallest absolute Gasteiger partial charge is 0.304 e. The van der Waals surface area contributed by atoms with Gasteiger partial charge < -0.3 is 5.32 Å². The van der Waals surface area contributed by atoms with E-state index in [1.807, 2.05) is 4.90 Å². The molecule has 6 nitrogen and oxygen atoms in total. The molecule has 1 aliphatic heterocycles. The van der Waals surface area contributed by atoms with E-state index in [9.17, 15) is 26.7 Å². The molecule has 0 atom stereocenters. The minimum Gasteiger partial charge on any atom is -0.304 e. The number of imidazole rings is 1. The molecule has 0 saturated carbocycles. The largest absolute Gasteiger partial charge is 0.417 e. The number of fused-ring (bicyclic) bond motifs is 1. The van der Waals surface area contributed by atoms with Crippen LogP contribution in [0.25, 0.3) is 5.52 Å². The highest BCUT2D eigenvalue weighted by molar-refractivity contribution is 6.02. The second-order valence-electron chi connectivity index (χ2n) is 7.35. The second-order valence-corrected chi connectivity index (χ2v) is 7.35. The normalized spacial score (nSPS) is 17.1. The number of carbonyl (C=O) groups excluding carboxylic acids is 1. The van der Waals surface area contributed by atoms with Crippen LogP contribution in [0.2, 0.25) is 0 Å². The third-order valence-corrected chi connectivity index (χ3v) is 5.12. The van der Waals surface area contributed by atoms with Gasteiger partial charge in [0.05, 0.1) is 16.8 Å². The molecule has 1 saturated heterocycles. The van der Waals surface area contributed by atoms with E-state index in [0.717, 1.165) is 12.1 Å². The van der Waals surface area contributed by atoms with Crippen LogP contribution in [0.1, 0.15) is 34.7 Å². The SMILES string of the molecule is O=C(Nc1ccc(C(F)(F)F)cn1)c1nc(CN2CCC(F)(F)CC2)c2ccccn12. The number of pyridine rings is 2. The molecule has 1 N–H and O–H groups in total. The van der Waals surface area contributed by atoms with Gasteiger partial charge in [-0.05, 0) is 24.3 Å². The Morgan fingerprint density at radius 2 is 1.87 bits per heavy atom. The summed E-state index contributed by atoms with van der Waals surface area (Å²) in [7, 11) is 0. The van der Waals surface area contributed by atoms with Gasteiger partial charge >= 0.3 is 6.18 Å². The molecule has 0 radical (unpaired) electrons. The molecule has 1 fully saturated rings. The van der Waals surface area contributed by atoms with Crippen LogP contribution in [0.15, 0.2) is 42.7 Å². The Morgan fingerprint density at radius 3 is 2.52 bits per heavy atom. The first-order valence-electron chi connectivity index (χ1n) is 9.53. The van der Waals surface area contributed by atoms with E-state index in [1.165, 1.54) is 0 Å². The lowest BCUT2D eigenvalue weighted by Crippen LogP contribution is -2.38. The van der Waals surface area contributed by atoms with Crippen LogP contribution in [0, 0.1) is 0 Å². The Labute approximate surface area is 173 Å². The van der Waals surface area contributed by atoms with Crippen LogP contribution in [-0.4, -0.2) is 44.2 Å². The molecular weight excluding hydrogens is 421 g/mol. The maximum absolute atomic E-state index is 13.4. The Hall–Kier alpha value is -3.08. The maximum atomic E-state index is 13.4. The topological polar surface area (TPSA) is 62.5 Å². The molecule has 0 unspecified atom stereocenters. The van der Waals surface area contributed by atoms with Gasteiger partial charge in [-0.15, -0.1) is 0 Å². The zero-order valence-corrected chi connectivity index (χ0v) is 16.2. The van der Waals surface area contributed by atoms with E-state index >= 15 is 0 Å². The van der Waals surface area contributed by atoms with E-state index in [0.29, 0.717) is 24.0 Å². The van der Waals surface area contributed by atoms with Crippen LogP contribution in [0.4, 0.5) is 27.8 Å². The van der Waals surface area contributed by atoms with Gasteiger partial charge in [0.25, 0.3) is 11.8 Å². The summed E-state index contributed by atoms with van der Waals surface area (Å²) < 4.78 is 66.4. The molecule has 0 spiro atoms. The molecule has 11 heteroatoms. The number of rotatable bonds is 4. The van der Waals surface area contributed by atoms with Crippen molar-refractivity contribution in [3.63, 3.8) is 0 Å². The van der Waals surface area contributed by atoms with Gasteiger partial charge in [-0.3, -0.25) is 14.1 Å². The summed E-state index contributed by atoms with van der Waals surface area (Å²) >= 11 is 0. The monoisotopic (exact) mass is 439 g/mol. The standard InChI is InChI=1S/C20H18F5N5O/c21-19(22)6-9-29(10-7-19)12-14-15-3-1-2-8-30(15)17(27-14)18(31)28-16-5-4-13(11-26-16)20(23,24)25/h1-5,8,11H,6-7,9-10,12H2,(H,26,28,31). The fourth-order valence-corrected chi connectivity index (χ4v) is 3.44. The number of halogens is 5. The number of nitrogens with one attached hydrogen (secondary N) is 1. The van der Waals surface area contributed by atoms with Gasteiger partial charge in [-0.2, -0.15) is 13.2 Å². The zero-order valence-electron chi connectivity index (χ0n) is 16.2. The molecule has 4 rings (SSSR count). The van der Waals surface area contributed by atoms with Crippen molar-refractivity contribution >= 4 is 17.2 Å². The average Bonchev–Trinajstić information content (AvgIpc) is 3.08. The summed E-state index contributed by atoms with van der Waals surface area (Å²) in [5.41, 5.74) is 0.271. The van der Waals surface area contributed by atoms with Crippen molar-refractivity contribution < 1.29 is 26.7 Å². The van der Waals surface area contributed by atoms with Crippen LogP contribution >= 0.6 is 0 Å². The van der Waals surface area contributed by atoms with Gasteiger partial charge in [-0.1, -0.05) is 6.07 Å². The number of hydrogen-bond acceptors (Lipinski definition) is 4. The molecule has 3 aromatic rings. The van der Waals surface area contributed by atoms with E-state index in [1.54, 1.807) is 28.8 Å². The van der Waals surface area contributed by atoms with Crippen LogP contribution < -0.4 is 5.32 Å². The highest BCUT2D eigenvalue weighted by Gasteiger charge is 2.34. The highest BCUT2D eigenvalue weighted by atomic mass is 19.4. The Balaban J connectivity index is 1.54. The summed E-state index contributed by atoms with van der Waals surface area (Å²) in [6.07, 6.45) is -2.72. The molecule has 4 heterocycles. The van der Waals surface area contributed by atoms with Crippen molar-refractivity contribution in [1.82, 2.24) is 19.3 Å². The number of anilines is 1. The number of piperidine rings is 1. The summed E-state index contributed by atoms with van der Waals surface area (Å²) in [4.78, 5) is 22.6. The Morgan fingerprint density at radius 1 is 1.13 bits per heavy atom. The third-order valence-electron chi connectivity index (χ3n) is 5.12. The first kappa shape index (κ1) is 21.2. The lowest BCUT2D eigenvalue weighted by Gasteiger charge is -2.31. The lowest BCUT2D eigenvalue weighted by atomic mass is 10.1. The second kappa shape index (κ2) is 7.88. The minimum absolute atomic E-state index is 0.0228. The van der Waals surface area contributed by atoms with Crippen LogP contribution in [-0.2, 0) is 12.7 Å². The highest BCUT2D eigenvalue weighted by Crippen LogP contribution is 2.30. The van der Waals surface area contributed by atoms with Crippen molar-refractivity contribution in [1.29, 1.82) is 0 Å². The summed E-state index contributed by atoms with van der Waals surface area (Å²) in [5.74, 6) is -3.34. The van der Waals surface area contributed by atoms with Gasteiger partial charge in [0, 0.05) is 44.9 Å². The molecule has 1 amide bonds. The van der Waals surface area contributed by atoms with E-state index < -0.39 is 23.6 Å². The average molecular weight is 439 g/mol. The van der Waals surface area contributed by atoms with E-state index in [4.69, 9.17) is 0 Å². The predicted molar refractivity (Wildman–Crippen MR) is 102 cm³/mol. The Kier molecular flexibility index (Phi) is 5.38. The first-order valence-corrected chi connectivity index (χ1v) is 9.53. The van der Waals surface area contributed by atoms with Crippen LogP contribution in [0.3, 0.4) is 0 Å². The molecule has 0 aliphatic carbocycles. The molecule has 164 valence electrons. The Bertz CT molecular complexity index is 1080. The number of carbonyl (C=O) groups is 1. The summed E-state index contributed by atoms with van der Waals surface area (Å²) in [5, 5.41) is 2.44. The molecule has 31 heavy (non-hydrogen) atoms. The predicted octanol–water partition coefficient (Wildman–Crippen LogP) is 4.23. The van der Waals surface area contributed by atoms with Crippen molar-refractivity contribution in [2.75, 3.05) is 18.4 Å². The van der Waals surface area contributed by atoms with E-state index in [2.05, 4.69) is 15.3 Å². The fraction of sp³-hybridized carbons (Fsp3) is 0.350. The maximum Gasteiger partial charge on any atom is 0.417 e. The number of alkyl halides is 5. The zero-order chi connectivity index (χ0) is 22.2. The van der Waals surface area contributed by atoms with Crippen LogP contribution in [0.5, 0.6) is 0 Å². The van der Waals surface area contributed by atoms with Gasteiger partial charge in [-0.25, -0.2) is 18.7 Å². The minimum atomic E-state index is -4.53. The van der Waals surface area contributed by atoms with Crippen molar-refractivity contribution in [2.24, 2.45) is 0 Å². The lowest BCUT2D eigenvalue weighted by molar-refractivity contribution is -0.137. The molecule has 1 aliphatic rings. The number of nitrogens with zero attached hydrogens (tertiary/aromatic N) is 4. The van der Waals surface area contributed by atoms with Crippen molar-refractivity contribution in [3.8, 4) is 0 Å². The van der Waals surface area contributed by atoms with Gasteiger partial charge in [0.1, 0.15) is 5.82 Å². The number of hydrogen-bond donors (Lipinski definition) is 1. The first-order chi connectivity index (χ1) is 14.6. The molecule has 0 bridgehead atoms.